The summed E-state index contributed by atoms with van der Waals surface area (Å²) in [5.41, 5.74) is 7.91. The minimum absolute atomic E-state index is 0.0114. The first-order valence-corrected chi connectivity index (χ1v) is 22.3. The fourth-order valence-corrected chi connectivity index (χ4v) is 9.07. The minimum Gasteiger partial charge on any atom is -0.465 e. The summed E-state index contributed by atoms with van der Waals surface area (Å²) in [6.07, 6.45) is 0. The van der Waals surface area contributed by atoms with Crippen molar-refractivity contribution in [3.63, 3.8) is 0 Å². The molecule has 5 rings (SSSR count). The van der Waals surface area contributed by atoms with Crippen molar-refractivity contribution in [2.24, 2.45) is 0 Å². The van der Waals surface area contributed by atoms with Gasteiger partial charge in [0.2, 0.25) is 0 Å². The second-order valence-corrected chi connectivity index (χ2v) is 24.3. The molecule has 0 saturated carbocycles. The topological polar surface area (TPSA) is 87.0 Å². The molecule has 0 unspecified atom stereocenters. The first-order chi connectivity index (χ1) is 26.1. The van der Waals surface area contributed by atoms with Crippen molar-refractivity contribution in [1.82, 2.24) is 0 Å². The predicted molar refractivity (Wildman–Crippen MR) is 249 cm³/mol. The molecule has 312 valence electrons. The maximum atomic E-state index is 14.2. The first kappa shape index (κ1) is 45.5. The zero-order valence-corrected chi connectivity index (χ0v) is 39.8. The molecule has 0 bridgehead atoms. The molecule has 0 radical (unpaired) electrons. The lowest BCUT2D eigenvalue weighted by atomic mass is 9.72. The Balaban J connectivity index is 2.17. The summed E-state index contributed by atoms with van der Waals surface area (Å²) in [4.78, 5) is 48.6. The summed E-state index contributed by atoms with van der Waals surface area (Å²) in [6, 6.07) is 21.1. The lowest BCUT2D eigenvalue weighted by molar-refractivity contribution is 0.0601. The smallest absolute Gasteiger partial charge is 0.441 e. The van der Waals surface area contributed by atoms with Crippen LogP contribution in [0.2, 0.25) is 0 Å². The molecule has 5 aromatic rings. The monoisotopic (exact) mass is 805 g/mol. The summed E-state index contributed by atoms with van der Waals surface area (Å²) in [5, 5.41) is 4.25. The summed E-state index contributed by atoms with van der Waals surface area (Å²) in [7, 11) is -3.33. The molecule has 0 aliphatic carbocycles. The third kappa shape index (κ3) is 8.80. The van der Waals surface area contributed by atoms with E-state index in [-0.39, 0.29) is 32.5 Å². The number of hydrogen-bond acceptors (Lipinski definition) is 5. The van der Waals surface area contributed by atoms with Crippen LogP contribution in [0.5, 0.6) is 0 Å². The van der Waals surface area contributed by atoms with Crippen LogP contribution in [-0.4, -0.2) is 27.8 Å². The number of ether oxygens (including phenoxy) is 1. The van der Waals surface area contributed by atoms with Crippen LogP contribution in [0, 0.1) is 0 Å². The molecule has 58 heavy (non-hydrogen) atoms. The molecule has 0 atom stereocenters. The zero-order valence-electron chi connectivity index (χ0n) is 38.9. The number of carbonyl (C=O) groups is 1. The Morgan fingerprint density at radius 2 is 0.828 bits per heavy atom. The Labute approximate surface area is 349 Å². The highest BCUT2D eigenvalue weighted by Gasteiger charge is 2.42. The van der Waals surface area contributed by atoms with Gasteiger partial charge in [-0.15, -0.1) is 0 Å². The Morgan fingerprint density at radius 1 is 0.466 bits per heavy atom. The van der Waals surface area contributed by atoms with E-state index in [1.807, 2.05) is 0 Å². The summed E-state index contributed by atoms with van der Waals surface area (Å²) >= 11 is 0. The molecule has 3 N–H and O–H groups in total. The molecule has 0 aliphatic heterocycles. The van der Waals surface area contributed by atoms with Gasteiger partial charge in [0, 0.05) is 11.1 Å². The van der Waals surface area contributed by atoms with E-state index in [1.54, 1.807) is 6.07 Å². The van der Waals surface area contributed by atoms with Crippen LogP contribution in [0.15, 0.2) is 60.7 Å². The maximum absolute atomic E-state index is 14.2. The fraction of sp³-hybridized carbons (Fsp3) is 0.481. The standard InChI is InChI=1S/C52H70O5P/c1-47(2,3)32-22-30-24-39(49(7,8)9)37(28-35(30)41(26-32)51(13,14)15)44-34(46(53)57-19)20-21-43(58(54,55)56)45(44)38-29-36-31(25-40(38)50(10,11)12)23-33(48(4,5)6)27-42(36)52(16,17)18/h20-29,54-56H,1-19H3/q+1. The van der Waals surface area contributed by atoms with Gasteiger partial charge in [0.05, 0.1) is 12.7 Å². The summed E-state index contributed by atoms with van der Waals surface area (Å²) in [5.74, 6) is -0.553. The number of rotatable bonds is 4. The second kappa shape index (κ2) is 14.5. The number of fused-ring (bicyclic) bond motifs is 2. The van der Waals surface area contributed by atoms with Gasteiger partial charge in [-0.1, -0.05) is 149 Å². The molecule has 5 nitrogen and oxygen atoms in total. The van der Waals surface area contributed by atoms with E-state index < -0.39 is 24.7 Å². The lowest BCUT2D eigenvalue weighted by Crippen LogP contribution is -2.22. The Kier molecular flexibility index (Phi) is 11.4. The average Bonchev–Trinajstić information content (AvgIpc) is 3.05. The quantitative estimate of drug-likeness (QED) is 0.124. The van der Waals surface area contributed by atoms with E-state index >= 15 is 0 Å². The van der Waals surface area contributed by atoms with Gasteiger partial charge < -0.3 is 4.74 Å². The van der Waals surface area contributed by atoms with Crippen LogP contribution in [-0.2, 0) is 37.2 Å². The lowest BCUT2D eigenvalue weighted by Gasteiger charge is -2.32. The van der Waals surface area contributed by atoms with Gasteiger partial charge in [0.1, 0.15) is 0 Å². The fourth-order valence-electron chi connectivity index (χ4n) is 8.26. The molecular formula is C52H70O5P+. The number of esters is 1. The Bertz CT molecular complexity index is 2420. The van der Waals surface area contributed by atoms with Crippen LogP contribution >= 0.6 is 7.94 Å². The van der Waals surface area contributed by atoms with E-state index in [2.05, 4.69) is 173 Å². The van der Waals surface area contributed by atoms with E-state index in [4.69, 9.17) is 4.74 Å². The third-order valence-corrected chi connectivity index (χ3v) is 12.6. The predicted octanol–water partition coefficient (Wildman–Crippen LogP) is 13.3. The highest BCUT2D eigenvalue weighted by Crippen LogP contribution is 2.53. The normalized spacial score (nSPS) is 13.8. The van der Waals surface area contributed by atoms with Crippen molar-refractivity contribution in [2.75, 3.05) is 7.11 Å². The van der Waals surface area contributed by atoms with E-state index in [0.29, 0.717) is 11.1 Å². The third-order valence-electron chi connectivity index (χ3n) is 11.6. The average molecular weight is 806 g/mol. The summed E-state index contributed by atoms with van der Waals surface area (Å²) < 4.78 is 5.52. The highest BCUT2D eigenvalue weighted by atomic mass is 31.2. The van der Waals surface area contributed by atoms with Crippen LogP contribution in [0.1, 0.15) is 168 Å². The molecule has 5 aromatic carbocycles. The molecule has 0 amide bonds. The van der Waals surface area contributed by atoms with Gasteiger partial charge >= 0.3 is 13.9 Å². The van der Waals surface area contributed by atoms with E-state index in [9.17, 15) is 19.5 Å². The molecule has 0 aliphatic rings. The number of benzene rings is 5. The number of methoxy groups -OCH3 is 1. The molecule has 0 aromatic heterocycles. The molecular weight excluding hydrogens is 736 g/mol. The first-order valence-electron chi connectivity index (χ1n) is 20.7. The Hall–Kier alpha value is -3.60. The molecule has 0 saturated heterocycles. The number of hydrogen-bond donors (Lipinski definition) is 3. The van der Waals surface area contributed by atoms with Crippen LogP contribution in [0.4, 0.5) is 0 Å². The van der Waals surface area contributed by atoms with Gasteiger partial charge in [-0.3, -0.25) is 0 Å². The molecule has 0 fully saturated rings. The van der Waals surface area contributed by atoms with Gasteiger partial charge in [-0.25, -0.2) is 4.79 Å². The van der Waals surface area contributed by atoms with Crippen molar-refractivity contribution in [3.05, 3.63) is 99.6 Å². The number of carbonyl (C=O) groups excluding carboxylic acids is 1. The van der Waals surface area contributed by atoms with E-state index in [1.165, 1.54) is 29.9 Å². The van der Waals surface area contributed by atoms with Crippen LogP contribution in [0.3, 0.4) is 0 Å². The van der Waals surface area contributed by atoms with Gasteiger partial charge in [0.25, 0.3) is 0 Å². The van der Waals surface area contributed by atoms with Gasteiger partial charge in [-0.2, -0.15) is 14.7 Å². The van der Waals surface area contributed by atoms with Gasteiger partial charge in [-0.05, 0) is 135 Å². The van der Waals surface area contributed by atoms with Crippen LogP contribution < -0.4 is 5.30 Å². The highest BCUT2D eigenvalue weighted by molar-refractivity contribution is 7.67. The van der Waals surface area contributed by atoms with Crippen molar-refractivity contribution in [1.29, 1.82) is 0 Å². The van der Waals surface area contributed by atoms with Crippen molar-refractivity contribution in [3.8, 4) is 22.3 Å². The Morgan fingerprint density at radius 3 is 1.14 bits per heavy atom. The largest absolute Gasteiger partial charge is 0.465 e. The maximum Gasteiger partial charge on any atom is 0.441 e. The van der Waals surface area contributed by atoms with Gasteiger partial charge in [0.15, 0.2) is 5.30 Å². The molecule has 0 heterocycles. The van der Waals surface area contributed by atoms with Crippen LogP contribution in [0.25, 0.3) is 43.8 Å². The zero-order chi connectivity index (χ0) is 44.1. The SMILES string of the molecule is COC(=O)c1ccc([P+](O)(O)O)c(-c2cc3c(C(C)(C)C)cc(C(C)(C)C)cc3cc2C(C)(C)C)c1-c1cc2c(C(C)(C)C)cc(C(C)(C)C)cc2cc1C(C)(C)C. The second-order valence-electron chi connectivity index (χ2n) is 22.7. The van der Waals surface area contributed by atoms with Crippen molar-refractivity contribution >= 4 is 40.8 Å². The van der Waals surface area contributed by atoms with Crippen molar-refractivity contribution in [2.45, 2.75) is 157 Å². The molecule has 0 spiro atoms. The minimum atomic E-state index is -4.70. The molecule has 6 heteroatoms. The summed E-state index contributed by atoms with van der Waals surface area (Å²) in [6.45, 7) is 39.7. The van der Waals surface area contributed by atoms with E-state index in [0.717, 1.165) is 49.4 Å². The van der Waals surface area contributed by atoms with Crippen molar-refractivity contribution < 1.29 is 24.2 Å².